The smallest absolute Gasteiger partial charge is 0.0823 e. The van der Waals surface area contributed by atoms with E-state index in [4.69, 9.17) is 9.47 Å². The van der Waals surface area contributed by atoms with E-state index in [2.05, 4.69) is 19.2 Å². The first-order valence-electron chi connectivity index (χ1n) is 5.72. The van der Waals surface area contributed by atoms with Gasteiger partial charge < -0.3 is 14.8 Å². The van der Waals surface area contributed by atoms with Crippen molar-refractivity contribution in [1.29, 1.82) is 0 Å². The molecule has 0 spiro atoms. The molecular formula is C11H21NO2. The van der Waals surface area contributed by atoms with Crippen LogP contribution in [0.3, 0.4) is 0 Å². The van der Waals surface area contributed by atoms with Crippen LogP contribution in [0.1, 0.15) is 26.7 Å². The lowest BCUT2D eigenvalue weighted by Gasteiger charge is -2.34. The molecule has 1 N–H and O–H groups in total. The second kappa shape index (κ2) is 4.60. The van der Waals surface area contributed by atoms with Crippen LogP contribution in [-0.4, -0.2) is 38.0 Å². The topological polar surface area (TPSA) is 30.5 Å². The molecule has 3 atom stereocenters. The molecule has 0 aliphatic carbocycles. The van der Waals surface area contributed by atoms with E-state index < -0.39 is 0 Å². The van der Waals surface area contributed by atoms with Gasteiger partial charge in [0.2, 0.25) is 0 Å². The minimum absolute atomic E-state index is 0.409. The van der Waals surface area contributed by atoms with Crippen LogP contribution in [0.5, 0.6) is 0 Å². The van der Waals surface area contributed by atoms with Gasteiger partial charge in [0.1, 0.15) is 0 Å². The Kier molecular flexibility index (Phi) is 3.42. The van der Waals surface area contributed by atoms with E-state index >= 15 is 0 Å². The average molecular weight is 199 g/mol. The lowest BCUT2D eigenvalue weighted by Crippen LogP contribution is -2.49. The van der Waals surface area contributed by atoms with Crippen LogP contribution in [0.15, 0.2) is 0 Å². The Balaban J connectivity index is 1.68. The number of hydrogen-bond donors (Lipinski definition) is 1. The highest BCUT2D eigenvalue weighted by molar-refractivity contribution is 4.77. The SMILES string of the molecule is C[C@@H]1CC(COC2CNC2)C[C@H](C)O1. The van der Waals surface area contributed by atoms with Crippen molar-refractivity contribution in [2.24, 2.45) is 5.92 Å². The summed E-state index contributed by atoms with van der Waals surface area (Å²) in [5.74, 6) is 0.703. The van der Waals surface area contributed by atoms with E-state index in [0.29, 0.717) is 24.2 Å². The normalized spacial score (nSPS) is 39.4. The summed E-state index contributed by atoms with van der Waals surface area (Å²) < 4.78 is 11.5. The fourth-order valence-corrected chi connectivity index (χ4v) is 2.33. The summed E-state index contributed by atoms with van der Waals surface area (Å²) in [5, 5.41) is 3.22. The third-order valence-electron chi connectivity index (χ3n) is 3.11. The van der Waals surface area contributed by atoms with Crippen molar-refractivity contribution in [3.8, 4) is 0 Å². The molecule has 0 aromatic heterocycles. The molecule has 0 radical (unpaired) electrons. The van der Waals surface area contributed by atoms with Crippen LogP contribution in [-0.2, 0) is 9.47 Å². The predicted octanol–water partition coefficient (Wildman–Crippen LogP) is 1.18. The molecular weight excluding hydrogens is 178 g/mol. The predicted molar refractivity (Wildman–Crippen MR) is 55.3 cm³/mol. The van der Waals surface area contributed by atoms with Gasteiger partial charge in [-0.15, -0.1) is 0 Å². The molecule has 14 heavy (non-hydrogen) atoms. The summed E-state index contributed by atoms with van der Waals surface area (Å²) in [6.07, 6.45) is 3.61. The van der Waals surface area contributed by atoms with Crippen LogP contribution >= 0.6 is 0 Å². The van der Waals surface area contributed by atoms with Gasteiger partial charge in [-0.3, -0.25) is 0 Å². The summed E-state index contributed by atoms with van der Waals surface area (Å²) >= 11 is 0. The largest absolute Gasteiger partial charge is 0.376 e. The average Bonchev–Trinajstić information content (AvgIpc) is 1.99. The van der Waals surface area contributed by atoms with Gasteiger partial charge in [0.15, 0.2) is 0 Å². The maximum absolute atomic E-state index is 5.80. The fourth-order valence-electron chi connectivity index (χ4n) is 2.33. The molecule has 2 saturated heterocycles. The monoisotopic (exact) mass is 199 g/mol. The molecule has 2 aliphatic rings. The van der Waals surface area contributed by atoms with Gasteiger partial charge in [-0.25, -0.2) is 0 Å². The van der Waals surface area contributed by atoms with Gasteiger partial charge in [-0.2, -0.15) is 0 Å². The van der Waals surface area contributed by atoms with Gasteiger partial charge in [-0.1, -0.05) is 0 Å². The molecule has 2 heterocycles. The highest BCUT2D eigenvalue weighted by atomic mass is 16.5. The van der Waals surface area contributed by atoms with E-state index in [1.54, 1.807) is 0 Å². The van der Waals surface area contributed by atoms with E-state index in [9.17, 15) is 0 Å². The molecule has 0 aromatic carbocycles. The molecule has 82 valence electrons. The maximum Gasteiger partial charge on any atom is 0.0823 e. The lowest BCUT2D eigenvalue weighted by molar-refractivity contribution is -0.0824. The van der Waals surface area contributed by atoms with E-state index in [0.717, 1.165) is 32.5 Å². The van der Waals surface area contributed by atoms with E-state index in [1.807, 2.05) is 0 Å². The Morgan fingerprint density at radius 2 is 1.86 bits per heavy atom. The Morgan fingerprint density at radius 3 is 2.36 bits per heavy atom. The molecule has 0 bridgehead atoms. The second-order valence-corrected chi connectivity index (χ2v) is 4.71. The molecule has 0 aromatic rings. The first-order chi connectivity index (χ1) is 6.74. The Hall–Kier alpha value is -0.120. The zero-order valence-electron chi connectivity index (χ0n) is 9.16. The summed E-state index contributed by atoms with van der Waals surface area (Å²) in [5.41, 5.74) is 0. The van der Waals surface area contributed by atoms with Crippen LogP contribution in [0.4, 0.5) is 0 Å². The Labute approximate surface area is 86.2 Å². The van der Waals surface area contributed by atoms with Gasteiger partial charge in [0, 0.05) is 13.1 Å². The fraction of sp³-hybridized carbons (Fsp3) is 1.00. The van der Waals surface area contributed by atoms with Gasteiger partial charge in [0.25, 0.3) is 0 Å². The van der Waals surface area contributed by atoms with Gasteiger partial charge in [0.05, 0.1) is 24.9 Å². The van der Waals surface area contributed by atoms with Crippen molar-refractivity contribution in [2.45, 2.75) is 45.0 Å². The number of ether oxygens (including phenoxy) is 2. The molecule has 2 fully saturated rings. The molecule has 3 heteroatoms. The standard InChI is InChI=1S/C11H21NO2/c1-8-3-10(4-9(2)14-8)7-13-11-5-12-6-11/h8-12H,3-7H2,1-2H3/t8-,9+,10?. The van der Waals surface area contributed by atoms with Crippen molar-refractivity contribution >= 4 is 0 Å². The summed E-state index contributed by atoms with van der Waals surface area (Å²) in [4.78, 5) is 0. The van der Waals surface area contributed by atoms with Crippen molar-refractivity contribution in [2.75, 3.05) is 19.7 Å². The lowest BCUT2D eigenvalue weighted by atomic mass is 9.93. The number of nitrogens with one attached hydrogen (secondary N) is 1. The summed E-state index contributed by atoms with van der Waals surface area (Å²) in [6, 6.07) is 0. The third-order valence-corrected chi connectivity index (χ3v) is 3.11. The number of rotatable bonds is 3. The van der Waals surface area contributed by atoms with Crippen LogP contribution in [0.2, 0.25) is 0 Å². The van der Waals surface area contributed by atoms with Gasteiger partial charge >= 0.3 is 0 Å². The quantitative estimate of drug-likeness (QED) is 0.740. The van der Waals surface area contributed by atoms with Crippen molar-refractivity contribution < 1.29 is 9.47 Å². The summed E-state index contributed by atoms with van der Waals surface area (Å²) in [6.45, 7) is 7.31. The molecule has 3 nitrogen and oxygen atoms in total. The highest BCUT2D eigenvalue weighted by Crippen LogP contribution is 2.25. The molecule has 2 aliphatic heterocycles. The Bertz CT molecular complexity index is 172. The zero-order valence-corrected chi connectivity index (χ0v) is 9.16. The minimum atomic E-state index is 0.409. The molecule has 1 unspecified atom stereocenters. The summed E-state index contributed by atoms with van der Waals surface area (Å²) in [7, 11) is 0. The van der Waals surface area contributed by atoms with Crippen LogP contribution in [0.25, 0.3) is 0 Å². The first kappa shape index (κ1) is 10.4. The van der Waals surface area contributed by atoms with Crippen LogP contribution < -0.4 is 5.32 Å². The van der Waals surface area contributed by atoms with Crippen molar-refractivity contribution in [1.82, 2.24) is 5.32 Å². The maximum atomic E-state index is 5.80. The zero-order chi connectivity index (χ0) is 9.97. The third kappa shape index (κ3) is 2.69. The van der Waals surface area contributed by atoms with Crippen molar-refractivity contribution in [3.05, 3.63) is 0 Å². The molecule has 0 saturated carbocycles. The first-order valence-corrected chi connectivity index (χ1v) is 5.72. The highest BCUT2D eigenvalue weighted by Gasteiger charge is 2.26. The second-order valence-electron chi connectivity index (χ2n) is 4.71. The molecule has 0 amide bonds. The van der Waals surface area contributed by atoms with E-state index in [1.165, 1.54) is 0 Å². The van der Waals surface area contributed by atoms with Crippen molar-refractivity contribution in [3.63, 3.8) is 0 Å². The van der Waals surface area contributed by atoms with E-state index in [-0.39, 0.29) is 0 Å². The minimum Gasteiger partial charge on any atom is -0.376 e. The number of hydrogen-bond acceptors (Lipinski definition) is 3. The van der Waals surface area contributed by atoms with Crippen LogP contribution in [0, 0.1) is 5.92 Å². The molecule has 2 rings (SSSR count). The van der Waals surface area contributed by atoms with Gasteiger partial charge in [-0.05, 0) is 32.6 Å². The Morgan fingerprint density at radius 1 is 1.21 bits per heavy atom.